The van der Waals surface area contributed by atoms with E-state index < -0.39 is 5.97 Å². The molecule has 0 spiro atoms. The molecule has 0 aliphatic heterocycles. The molecule has 0 aliphatic rings. The third kappa shape index (κ3) is 1.37. The normalized spacial score (nSPS) is 9.83. The molecule has 0 radical (unpaired) electrons. The lowest BCUT2D eigenvalue weighted by molar-refractivity contribution is -0.606. The second-order valence-corrected chi connectivity index (χ2v) is 2.66. The van der Waals surface area contributed by atoms with Crippen LogP contribution in [0, 0.1) is 19.1 Å². The molecule has 0 fully saturated rings. The van der Waals surface area contributed by atoms with Crippen LogP contribution in [0.15, 0.2) is 12.4 Å². The van der Waals surface area contributed by atoms with E-state index >= 15 is 0 Å². The average Bonchev–Trinajstić information content (AvgIpc) is 1.82. The van der Waals surface area contributed by atoms with Crippen molar-refractivity contribution in [1.82, 2.24) is 0 Å². The molecule has 1 N–H and O–H groups in total. The van der Waals surface area contributed by atoms with Crippen LogP contribution in [0.3, 0.4) is 0 Å². The molecule has 1 heterocycles. The average molecular weight is 167 g/mol. The third-order valence-corrected chi connectivity index (χ3v) is 1.64. The zero-order valence-electron chi connectivity index (χ0n) is 6.87. The minimum atomic E-state index is -0.995. The van der Waals surface area contributed by atoms with E-state index in [2.05, 4.69) is 0 Å². The number of nitrogens with zero attached hydrogens (tertiary/aromatic N) is 1. The summed E-state index contributed by atoms with van der Waals surface area (Å²) in [7, 11) is 0. The minimum absolute atomic E-state index is 0.210. The minimum Gasteiger partial charge on any atom is -0.619 e. The highest BCUT2D eigenvalue weighted by molar-refractivity contribution is 5.90. The lowest BCUT2D eigenvalue weighted by atomic mass is 10.1. The summed E-state index contributed by atoms with van der Waals surface area (Å²) in [5, 5.41) is 19.5. The van der Waals surface area contributed by atoms with Crippen molar-refractivity contribution in [2.45, 2.75) is 13.8 Å². The molecule has 0 aliphatic carbocycles. The fourth-order valence-electron chi connectivity index (χ4n) is 1.20. The van der Waals surface area contributed by atoms with Crippen LogP contribution in [0.2, 0.25) is 0 Å². The van der Waals surface area contributed by atoms with Gasteiger partial charge in [-0.2, -0.15) is 4.73 Å². The van der Waals surface area contributed by atoms with E-state index in [9.17, 15) is 10.0 Å². The van der Waals surface area contributed by atoms with Crippen LogP contribution in [0.5, 0.6) is 0 Å². The molecule has 1 aromatic heterocycles. The summed E-state index contributed by atoms with van der Waals surface area (Å²) in [5.74, 6) is -0.995. The Bertz CT molecular complexity index is 310. The predicted molar refractivity (Wildman–Crippen MR) is 41.8 cm³/mol. The Hall–Kier alpha value is -1.58. The van der Waals surface area contributed by atoms with Crippen molar-refractivity contribution in [1.29, 1.82) is 0 Å². The molecule has 0 unspecified atom stereocenters. The highest BCUT2D eigenvalue weighted by Gasteiger charge is 2.13. The topological polar surface area (TPSA) is 64.2 Å². The number of pyridine rings is 1. The number of carboxylic acid groups (broad SMARTS) is 1. The van der Waals surface area contributed by atoms with Crippen molar-refractivity contribution < 1.29 is 14.6 Å². The number of rotatable bonds is 1. The van der Waals surface area contributed by atoms with Crippen LogP contribution in [-0.4, -0.2) is 11.1 Å². The Morgan fingerprint density at radius 1 is 1.42 bits per heavy atom. The highest BCUT2D eigenvalue weighted by Crippen LogP contribution is 2.09. The summed E-state index contributed by atoms with van der Waals surface area (Å²) >= 11 is 0. The van der Waals surface area contributed by atoms with E-state index in [1.807, 2.05) is 0 Å². The third-order valence-electron chi connectivity index (χ3n) is 1.64. The zero-order chi connectivity index (χ0) is 9.30. The smallest absolute Gasteiger partial charge is 0.336 e. The number of aryl methyl sites for hydroxylation is 2. The van der Waals surface area contributed by atoms with Crippen LogP contribution in [0.1, 0.15) is 21.5 Å². The molecule has 12 heavy (non-hydrogen) atoms. The summed E-state index contributed by atoms with van der Waals surface area (Å²) < 4.78 is 0.608. The van der Waals surface area contributed by atoms with Gasteiger partial charge in [-0.3, -0.25) is 0 Å². The monoisotopic (exact) mass is 167 g/mol. The maximum Gasteiger partial charge on any atom is 0.336 e. The fourth-order valence-corrected chi connectivity index (χ4v) is 1.20. The summed E-state index contributed by atoms with van der Waals surface area (Å²) in [4.78, 5) is 10.6. The van der Waals surface area contributed by atoms with Gasteiger partial charge in [-0.1, -0.05) is 0 Å². The molecule has 0 saturated carbocycles. The first-order chi connectivity index (χ1) is 5.52. The summed E-state index contributed by atoms with van der Waals surface area (Å²) in [6.45, 7) is 3.20. The van der Waals surface area contributed by atoms with Crippen LogP contribution in [-0.2, 0) is 0 Å². The Morgan fingerprint density at radius 3 is 2.17 bits per heavy atom. The first kappa shape index (κ1) is 8.52. The van der Waals surface area contributed by atoms with Gasteiger partial charge in [-0.15, -0.1) is 0 Å². The number of carboxylic acids is 1. The SMILES string of the molecule is Cc1c[n+]([O-])cc(C)c1C(=O)O. The van der Waals surface area contributed by atoms with E-state index in [0.717, 1.165) is 0 Å². The molecule has 0 aromatic carbocycles. The van der Waals surface area contributed by atoms with E-state index in [1.54, 1.807) is 13.8 Å². The van der Waals surface area contributed by atoms with Crippen LogP contribution in [0.4, 0.5) is 0 Å². The van der Waals surface area contributed by atoms with Crippen molar-refractivity contribution in [3.8, 4) is 0 Å². The highest BCUT2D eigenvalue weighted by atomic mass is 16.5. The number of aromatic carboxylic acids is 1. The van der Waals surface area contributed by atoms with Crippen LogP contribution < -0.4 is 4.73 Å². The summed E-state index contributed by atoms with van der Waals surface area (Å²) in [6.07, 6.45) is 2.49. The first-order valence-corrected chi connectivity index (χ1v) is 3.45. The van der Waals surface area contributed by atoms with Gasteiger partial charge < -0.3 is 10.3 Å². The molecule has 0 saturated heterocycles. The van der Waals surface area contributed by atoms with Crippen molar-refractivity contribution >= 4 is 5.97 Å². The second kappa shape index (κ2) is 2.81. The predicted octanol–water partition coefficient (Wildman–Crippen LogP) is 0.635. The summed E-state index contributed by atoms with van der Waals surface area (Å²) in [6, 6.07) is 0. The lowest BCUT2D eigenvalue weighted by Gasteiger charge is -2.03. The number of hydrogen-bond donors (Lipinski definition) is 1. The Labute approximate surface area is 69.7 Å². The summed E-state index contributed by atoms with van der Waals surface area (Å²) in [5.41, 5.74) is 1.18. The van der Waals surface area contributed by atoms with Crippen molar-refractivity contribution in [2.24, 2.45) is 0 Å². The van der Waals surface area contributed by atoms with Gasteiger partial charge in [-0.05, 0) is 13.8 Å². The molecule has 0 amide bonds. The fraction of sp³-hybridized carbons (Fsp3) is 0.250. The molecular formula is C8H9NO3. The molecule has 4 nitrogen and oxygen atoms in total. The first-order valence-electron chi connectivity index (χ1n) is 3.45. The van der Waals surface area contributed by atoms with E-state index in [1.165, 1.54) is 12.4 Å². The van der Waals surface area contributed by atoms with Crippen molar-refractivity contribution in [3.05, 3.63) is 34.3 Å². The quantitative estimate of drug-likeness (QED) is 0.493. The van der Waals surface area contributed by atoms with E-state index in [0.29, 0.717) is 15.9 Å². The number of hydrogen-bond acceptors (Lipinski definition) is 2. The van der Waals surface area contributed by atoms with Crippen molar-refractivity contribution in [2.75, 3.05) is 0 Å². The molecule has 64 valence electrons. The molecule has 0 atom stereocenters. The maximum atomic E-state index is 10.8. The Kier molecular flexibility index (Phi) is 1.99. The molecule has 1 rings (SSSR count). The molecule has 1 aromatic rings. The Morgan fingerprint density at radius 2 is 1.83 bits per heavy atom. The second-order valence-electron chi connectivity index (χ2n) is 2.66. The van der Waals surface area contributed by atoms with Gasteiger partial charge in [0.1, 0.15) is 0 Å². The molecular weight excluding hydrogens is 158 g/mol. The van der Waals surface area contributed by atoms with Gasteiger partial charge in [-0.25, -0.2) is 4.79 Å². The van der Waals surface area contributed by atoms with E-state index in [-0.39, 0.29) is 5.56 Å². The molecule has 0 bridgehead atoms. The van der Waals surface area contributed by atoms with Crippen LogP contribution >= 0.6 is 0 Å². The standard InChI is InChI=1S/C8H9NO3/c1-5-3-9(12)4-6(2)7(5)8(10)11/h3-4H,1-2H3,(H,10,11). The lowest BCUT2D eigenvalue weighted by Crippen LogP contribution is -2.27. The van der Waals surface area contributed by atoms with Crippen LogP contribution in [0.25, 0.3) is 0 Å². The maximum absolute atomic E-state index is 10.8. The Balaban J connectivity index is 3.38. The zero-order valence-corrected chi connectivity index (χ0v) is 6.87. The van der Waals surface area contributed by atoms with Gasteiger partial charge in [0.05, 0.1) is 5.56 Å². The van der Waals surface area contributed by atoms with E-state index in [4.69, 9.17) is 5.11 Å². The largest absolute Gasteiger partial charge is 0.619 e. The van der Waals surface area contributed by atoms with Gasteiger partial charge in [0, 0.05) is 11.1 Å². The number of aromatic nitrogens is 1. The van der Waals surface area contributed by atoms with Gasteiger partial charge in [0.15, 0.2) is 12.4 Å². The number of carbonyl (C=O) groups is 1. The van der Waals surface area contributed by atoms with Gasteiger partial charge >= 0.3 is 5.97 Å². The van der Waals surface area contributed by atoms with Gasteiger partial charge in [0.25, 0.3) is 0 Å². The molecule has 4 heteroatoms. The van der Waals surface area contributed by atoms with Gasteiger partial charge in [0.2, 0.25) is 0 Å². The van der Waals surface area contributed by atoms with Crippen molar-refractivity contribution in [3.63, 3.8) is 0 Å².